The molecule has 2 rings (SSSR count). The minimum atomic E-state index is -0.160. The molecule has 118 valence electrons. The lowest BCUT2D eigenvalue weighted by Gasteiger charge is -2.27. The number of carbonyl (C=O) groups is 1. The Labute approximate surface area is 135 Å². The lowest BCUT2D eigenvalue weighted by molar-refractivity contribution is 0.0934. The Bertz CT molecular complexity index is 468. The number of benzene rings is 1. The number of amides is 1. The quantitative estimate of drug-likeness (QED) is 0.745. The fourth-order valence-electron chi connectivity index (χ4n) is 1.87. The molecular weight excluding hydrogens is 315 g/mol. The van der Waals surface area contributed by atoms with E-state index in [-0.39, 0.29) is 18.3 Å². The van der Waals surface area contributed by atoms with Crippen molar-refractivity contribution in [3.8, 4) is 5.75 Å². The summed E-state index contributed by atoms with van der Waals surface area (Å²) in [7, 11) is 1.60. The van der Waals surface area contributed by atoms with E-state index in [4.69, 9.17) is 21.1 Å². The molecule has 5 nitrogen and oxygen atoms in total. The summed E-state index contributed by atoms with van der Waals surface area (Å²) in [4.78, 5) is 12.2. The zero-order valence-electron chi connectivity index (χ0n) is 11.9. The fraction of sp³-hybridized carbons (Fsp3) is 0.500. The molecule has 2 N–H and O–H groups in total. The third kappa shape index (κ3) is 5.36. The van der Waals surface area contributed by atoms with Gasteiger partial charge in [-0.25, -0.2) is 0 Å². The minimum Gasteiger partial charge on any atom is -0.490 e. The maximum Gasteiger partial charge on any atom is 0.255 e. The third-order valence-electron chi connectivity index (χ3n) is 3.15. The van der Waals surface area contributed by atoms with E-state index >= 15 is 0 Å². The number of nitrogens with one attached hydrogen (secondary N) is 2. The van der Waals surface area contributed by atoms with Gasteiger partial charge in [0, 0.05) is 37.7 Å². The Balaban J connectivity index is 0.00000220. The molecule has 0 unspecified atom stereocenters. The van der Waals surface area contributed by atoms with E-state index < -0.39 is 0 Å². The van der Waals surface area contributed by atoms with E-state index in [1.807, 2.05) is 0 Å². The van der Waals surface area contributed by atoms with Crippen LogP contribution in [0.25, 0.3) is 0 Å². The van der Waals surface area contributed by atoms with Crippen LogP contribution in [-0.2, 0) is 4.74 Å². The predicted octanol–water partition coefficient (Wildman–Crippen LogP) is 1.74. The van der Waals surface area contributed by atoms with Crippen molar-refractivity contribution < 1.29 is 14.3 Å². The van der Waals surface area contributed by atoms with Gasteiger partial charge in [0.15, 0.2) is 0 Å². The Morgan fingerprint density at radius 2 is 2.19 bits per heavy atom. The number of hydrogen-bond donors (Lipinski definition) is 2. The summed E-state index contributed by atoms with van der Waals surface area (Å²) in [5.41, 5.74) is 0.459. The van der Waals surface area contributed by atoms with E-state index in [9.17, 15) is 4.79 Å². The molecule has 1 aliphatic rings. The lowest BCUT2D eigenvalue weighted by atomic mass is 10.0. The molecule has 0 spiro atoms. The van der Waals surface area contributed by atoms with Crippen molar-refractivity contribution in [3.63, 3.8) is 0 Å². The van der Waals surface area contributed by atoms with Gasteiger partial charge in [0.05, 0.1) is 12.2 Å². The highest BCUT2D eigenvalue weighted by atomic mass is 35.5. The van der Waals surface area contributed by atoms with Gasteiger partial charge in [-0.3, -0.25) is 4.79 Å². The van der Waals surface area contributed by atoms with Gasteiger partial charge in [-0.05, 0) is 18.2 Å². The Morgan fingerprint density at radius 3 is 2.81 bits per heavy atom. The summed E-state index contributed by atoms with van der Waals surface area (Å²) < 4.78 is 10.5. The summed E-state index contributed by atoms with van der Waals surface area (Å²) in [6.45, 7) is 3.43. The molecular formula is C14H20Cl2N2O3. The summed E-state index contributed by atoms with van der Waals surface area (Å²) >= 11 is 5.95. The van der Waals surface area contributed by atoms with Gasteiger partial charge >= 0.3 is 0 Å². The van der Waals surface area contributed by atoms with Crippen LogP contribution < -0.4 is 15.4 Å². The van der Waals surface area contributed by atoms with Crippen LogP contribution >= 0.6 is 24.0 Å². The standard InChI is InChI=1S/C14H19ClN2O3.ClH/c1-19-4-5-20-13-3-2-11(15)6-12(13)14(18)17-9-10-7-16-8-10;/h2-3,6,10,16H,4-5,7-9H2,1H3,(H,17,18);1H. The van der Waals surface area contributed by atoms with Crippen molar-refractivity contribution in [2.45, 2.75) is 0 Å². The van der Waals surface area contributed by atoms with Crippen LogP contribution in [0.4, 0.5) is 0 Å². The molecule has 1 aliphatic heterocycles. The summed E-state index contributed by atoms with van der Waals surface area (Å²) in [6.07, 6.45) is 0. The molecule has 1 saturated heterocycles. The van der Waals surface area contributed by atoms with Crippen molar-refractivity contribution in [2.75, 3.05) is 40.0 Å². The summed E-state index contributed by atoms with van der Waals surface area (Å²) in [6, 6.07) is 5.03. The smallest absolute Gasteiger partial charge is 0.255 e. The monoisotopic (exact) mass is 334 g/mol. The van der Waals surface area contributed by atoms with E-state index in [1.165, 1.54) is 0 Å². The fourth-order valence-corrected chi connectivity index (χ4v) is 2.04. The molecule has 21 heavy (non-hydrogen) atoms. The van der Waals surface area contributed by atoms with Crippen LogP contribution in [0.2, 0.25) is 5.02 Å². The molecule has 0 bridgehead atoms. The molecule has 7 heteroatoms. The van der Waals surface area contributed by atoms with Crippen molar-refractivity contribution in [2.24, 2.45) is 5.92 Å². The average molecular weight is 335 g/mol. The number of halogens is 2. The van der Waals surface area contributed by atoms with Crippen molar-refractivity contribution >= 4 is 29.9 Å². The van der Waals surface area contributed by atoms with Gasteiger partial charge in [-0.2, -0.15) is 0 Å². The molecule has 0 aromatic heterocycles. The van der Waals surface area contributed by atoms with Crippen LogP contribution in [-0.4, -0.2) is 45.9 Å². The molecule has 1 amide bonds. The average Bonchev–Trinajstić information content (AvgIpc) is 2.38. The number of hydrogen-bond acceptors (Lipinski definition) is 4. The first-order valence-corrected chi connectivity index (χ1v) is 6.98. The van der Waals surface area contributed by atoms with Crippen molar-refractivity contribution in [3.05, 3.63) is 28.8 Å². The second-order valence-electron chi connectivity index (χ2n) is 4.72. The SMILES string of the molecule is COCCOc1ccc(Cl)cc1C(=O)NCC1CNC1.Cl. The van der Waals surface area contributed by atoms with Gasteiger partial charge in [-0.15, -0.1) is 12.4 Å². The number of methoxy groups -OCH3 is 1. The van der Waals surface area contributed by atoms with Gasteiger partial charge in [0.25, 0.3) is 5.91 Å². The van der Waals surface area contributed by atoms with Crippen LogP contribution in [0, 0.1) is 5.92 Å². The van der Waals surface area contributed by atoms with E-state index in [2.05, 4.69) is 10.6 Å². The molecule has 0 atom stereocenters. The summed E-state index contributed by atoms with van der Waals surface area (Å²) in [5.74, 6) is 0.874. The molecule has 1 aromatic carbocycles. The molecule has 1 fully saturated rings. The van der Waals surface area contributed by atoms with Crippen LogP contribution in [0.1, 0.15) is 10.4 Å². The minimum absolute atomic E-state index is 0. The van der Waals surface area contributed by atoms with Crippen molar-refractivity contribution in [1.29, 1.82) is 0 Å². The zero-order valence-corrected chi connectivity index (χ0v) is 13.4. The predicted molar refractivity (Wildman–Crippen MR) is 84.8 cm³/mol. The van der Waals surface area contributed by atoms with Crippen molar-refractivity contribution in [1.82, 2.24) is 10.6 Å². The Kier molecular flexibility index (Phi) is 7.82. The van der Waals surface area contributed by atoms with Crippen LogP contribution in [0.15, 0.2) is 18.2 Å². The molecule has 0 aliphatic carbocycles. The second kappa shape index (κ2) is 9.10. The Morgan fingerprint density at radius 1 is 1.43 bits per heavy atom. The molecule has 0 radical (unpaired) electrons. The van der Waals surface area contributed by atoms with E-state index in [0.29, 0.717) is 42.0 Å². The number of ether oxygens (including phenoxy) is 2. The highest BCUT2D eigenvalue weighted by molar-refractivity contribution is 6.31. The van der Waals surface area contributed by atoms with E-state index in [0.717, 1.165) is 13.1 Å². The molecule has 1 heterocycles. The third-order valence-corrected chi connectivity index (χ3v) is 3.38. The second-order valence-corrected chi connectivity index (χ2v) is 5.15. The van der Waals surface area contributed by atoms with Crippen LogP contribution in [0.3, 0.4) is 0 Å². The topological polar surface area (TPSA) is 59.6 Å². The highest BCUT2D eigenvalue weighted by Gasteiger charge is 2.19. The van der Waals surface area contributed by atoms with Crippen LogP contribution in [0.5, 0.6) is 5.75 Å². The van der Waals surface area contributed by atoms with Gasteiger partial charge in [0.1, 0.15) is 12.4 Å². The molecule has 1 aromatic rings. The normalized spacial score (nSPS) is 14.0. The maximum atomic E-state index is 12.2. The highest BCUT2D eigenvalue weighted by Crippen LogP contribution is 2.23. The van der Waals surface area contributed by atoms with E-state index in [1.54, 1.807) is 25.3 Å². The first-order chi connectivity index (χ1) is 9.70. The largest absolute Gasteiger partial charge is 0.490 e. The van der Waals surface area contributed by atoms with Gasteiger partial charge in [0.2, 0.25) is 0 Å². The Hall–Kier alpha value is -1.01. The number of rotatable bonds is 7. The van der Waals surface area contributed by atoms with Gasteiger partial charge < -0.3 is 20.1 Å². The lowest BCUT2D eigenvalue weighted by Crippen LogP contribution is -2.48. The molecule has 0 saturated carbocycles. The first-order valence-electron chi connectivity index (χ1n) is 6.61. The zero-order chi connectivity index (χ0) is 14.4. The maximum absolute atomic E-state index is 12.2. The first kappa shape index (κ1) is 18.0. The number of carbonyl (C=O) groups excluding carboxylic acids is 1. The summed E-state index contributed by atoms with van der Waals surface area (Å²) in [5, 5.41) is 6.59. The van der Waals surface area contributed by atoms with Gasteiger partial charge in [-0.1, -0.05) is 11.6 Å².